The SMILES string of the molecule is COc1ccc(C2=NN(c3nc(-c4ccc(OC)c(F)c4)cs3)[C@H](c3ccco3)C2)cc1. The zero-order valence-electron chi connectivity index (χ0n) is 17.5. The molecule has 2 aromatic heterocycles. The highest BCUT2D eigenvalue weighted by atomic mass is 32.1. The third-order valence-electron chi connectivity index (χ3n) is 5.34. The van der Waals surface area contributed by atoms with Crippen LogP contribution in [0, 0.1) is 5.82 Å². The van der Waals surface area contributed by atoms with Crippen molar-refractivity contribution < 1.29 is 18.3 Å². The summed E-state index contributed by atoms with van der Waals surface area (Å²) >= 11 is 1.45. The van der Waals surface area contributed by atoms with Crippen LogP contribution in [0.3, 0.4) is 0 Å². The van der Waals surface area contributed by atoms with Crippen molar-refractivity contribution in [1.82, 2.24) is 4.98 Å². The standard InChI is InChI=1S/C24H20FN3O3S/c1-29-17-8-5-15(6-9-17)19-13-21(23-4-3-11-31-23)28(27-19)24-26-20(14-32-24)16-7-10-22(30-2)18(25)12-16/h3-12,14,21H,13H2,1-2H3/t21-/m0/s1. The van der Waals surface area contributed by atoms with Gasteiger partial charge in [-0.25, -0.2) is 14.4 Å². The van der Waals surface area contributed by atoms with Crippen LogP contribution in [0.4, 0.5) is 9.52 Å². The second-order valence-electron chi connectivity index (χ2n) is 7.22. The summed E-state index contributed by atoms with van der Waals surface area (Å²) < 4.78 is 30.2. The van der Waals surface area contributed by atoms with E-state index in [2.05, 4.69) is 0 Å². The first-order valence-electron chi connectivity index (χ1n) is 10.00. The van der Waals surface area contributed by atoms with Crippen LogP contribution in [-0.4, -0.2) is 24.9 Å². The number of furan rings is 1. The minimum atomic E-state index is -0.422. The number of aromatic nitrogens is 1. The summed E-state index contributed by atoms with van der Waals surface area (Å²) in [6, 6.07) is 16.3. The molecule has 0 radical (unpaired) electrons. The molecule has 0 fully saturated rings. The molecule has 1 aliphatic rings. The van der Waals surface area contributed by atoms with E-state index in [1.54, 1.807) is 25.5 Å². The monoisotopic (exact) mass is 449 g/mol. The molecule has 4 aromatic rings. The molecule has 0 saturated carbocycles. The fourth-order valence-electron chi connectivity index (χ4n) is 3.68. The molecule has 2 aromatic carbocycles. The first kappa shape index (κ1) is 20.3. The largest absolute Gasteiger partial charge is 0.497 e. The Balaban J connectivity index is 1.49. The van der Waals surface area contributed by atoms with Crippen LogP contribution in [0.15, 0.2) is 75.8 Å². The zero-order chi connectivity index (χ0) is 22.1. The van der Waals surface area contributed by atoms with E-state index in [0.29, 0.717) is 22.8 Å². The molecule has 162 valence electrons. The number of ether oxygens (including phenoxy) is 2. The van der Waals surface area contributed by atoms with E-state index in [4.69, 9.17) is 24.0 Å². The second-order valence-corrected chi connectivity index (χ2v) is 8.06. The highest BCUT2D eigenvalue weighted by Crippen LogP contribution is 2.40. The predicted molar refractivity (Wildman–Crippen MR) is 122 cm³/mol. The molecule has 32 heavy (non-hydrogen) atoms. The molecule has 0 N–H and O–H groups in total. The smallest absolute Gasteiger partial charge is 0.207 e. The fourth-order valence-corrected chi connectivity index (χ4v) is 4.51. The van der Waals surface area contributed by atoms with E-state index in [9.17, 15) is 4.39 Å². The summed E-state index contributed by atoms with van der Waals surface area (Å²) in [4.78, 5) is 4.74. The minimum absolute atomic E-state index is 0.117. The summed E-state index contributed by atoms with van der Waals surface area (Å²) in [5.74, 6) is 1.39. The Hall–Kier alpha value is -3.65. The van der Waals surface area contributed by atoms with Gasteiger partial charge >= 0.3 is 0 Å². The molecular formula is C24H20FN3O3S. The molecule has 3 heterocycles. The number of halogens is 1. The van der Waals surface area contributed by atoms with E-state index < -0.39 is 5.82 Å². The molecule has 1 atom stereocenters. The van der Waals surface area contributed by atoms with Gasteiger partial charge in [0.25, 0.3) is 0 Å². The van der Waals surface area contributed by atoms with E-state index in [1.807, 2.05) is 46.8 Å². The van der Waals surface area contributed by atoms with Crippen LogP contribution >= 0.6 is 11.3 Å². The third kappa shape index (κ3) is 3.73. The first-order valence-corrected chi connectivity index (χ1v) is 10.9. The van der Waals surface area contributed by atoms with Crippen molar-refractivity contribution in [3.05, 3.63) is 83.4 Å². The Morgan fingerprint density at radius 1 is 1.06 bits per heavy atom. The molecule has 0 bridgehead atoms. The molecule has 0 unspecified atom stereocenters. The lowest BCUT2D eigenvalue weighted by Crippen LogP contribution is -2.17. The molecule has 0 saturated heterocycles. The van der Waals surface area contributed by atoms with Gasteiger partial charge in [0, 0.05) is 17.4 Å². The van der Waals surface area contributed by atoms with Gasteiger partial charge in [0.05, 0.1) is 31.9 Å². The number of hydrazone groups is 1. The van der Waals surface area contributed by atoms with Gasteiger partial charge in [-0.3, -0.25) is 0 Å². The summed E-state index contributed by atoms with van der Waals surface area (Å²) in [5.41, 5.74) is 3.30. The average Bonchev–Trinajstić information content (AvgIpc) is 3.59. The maximum Gasteiger partial charge on any atom is 0.207 e. The Morgan fingerprint density at radius 2 is 1.88 bits per heavy atom. The molecule has 0 spiro atoms. The minimum Gasteiger partial charge on any atom is -0.497 e. The maximum absolute atomic E-state index is 14.2. The van der Waals surface area contributed by atoms with E-state index in [0.717, 1.165) is 22.8 Å². The molecule has 1 aliphatic heterocycles. The number of benzene rings is 2. The fraction of sp³-hybridized carbons (Fsp3) is 0.167. The number of methoxy groups -OCH3 is 2. The number of hydrogen-bond donors (Lipinski definition) is 0. The highest BCUT2D eigenvalue weighted by Gasteiger charge is 2.33. The van der Waals surface area contributed by atoms with Crippen LogP contribution in [-0.2, 0) is 0 Å². The molecule has 6 nitrogen and oxygen atoms in total. The van der Waals surface area contributed by atoms with Crippen LogP contribution < -0.4 is 14.5 Å². The van der Waals surface area contributed by atoms with Crippen molar-refractivity contribution in [1.29, 1.82) is 0 Å². The lowest BCUT2D eigenvalue weighted by molar-refractivity contribution is 0.386. The predicted octanol–water partition coefficient (Wildman–Crippen LogP) is 5.92. The molecule has 0 amide bonds. The average molecular weight is 450 g/mol. The van der Waals surface area contributed by atoms with Crippen molar-refractivity contribution in [3.8, 4) is 22.8 Å². The van der Waals surface area contributed by atoms with Crippen molar-refractivity contribution >= 4 is 22.2 Å². The van der Waals surface area contributed by atoms with E-state index in [-0.39, 0.29) is 11.8 Å². The number of nitrogens with zero attached hydrogens (tertiary/aromatic N) is 3. The van der Waals surface area contributed by atoms with Crippen molar-refractivity contribution in [2.24, 2.45) is 5.10 Å². The lowest BCUT2D eigenvalue weighted by Gasteiger charge is -2.18. The Kier molecular flexibility index (Phi) is 5.36. The molecule has 8 heteroatoms. The summed E-state index contributed by atoms with van der Waals surface area (Å²) in [6.07, 6.45) is 2.33. The Morgan fingerprint density at radius 3 is 2.56 bits per heavy atom. The number of anilines is 1. The Labute approximate surface area is 188 Å². The normalized spacial score (nSPS) is 15.7. The number of rotatable bonds is 6. The summed E-state index contributed by atoms with van der Waals surface area (Å²) in [7, 11) is 3.09. The van der Waals surface area contributed by atoms with Gasteiger partial charge in [0.15, 0.2) is 11.6 Å². The number of thiazole rings is 1. The van der Waals surface area contributed by atoms with Crippen molar-refractivity contribution in [2.45, 2.75) is 12.5 Å². The van der Waals surface area contributed by atoms with E-state index in [1.165, 1.54) is 24.5 Å². The van der Waals surface area contributed by atoms with Crippen LogP contribution in [0.5, 0.6) is 11.5 Å². The number of hydrogen-bond acceptors (Lipinski definition) is 7. The summed E-state index contributed by atoms with van der Waals surface area (Å²) in [6.45, 7) is 0. The topological polar surface area (TPSA) is 60.1 Å². The van der Waals surface area contributed by atoms with E-state index >= 15 is 0 Å². The van der Waals surface area contributed by atoms with Gasteiger partial charge in [0.2, 0.25) is 5.13 Å². The molecule has 5 rings (SSSR count). The van der Waals surface area contributed by atoms with Gasteiger partial charge in [0.1, 0.15) is 17.6 Å². The van der Waals surface area contributed by atoms with Gasteiger partial charge in [-0.2, -0.15) is 5.10 Å². The van der Waals surface area contributed by atoms with Crippen molar-refractivity contribution in [2.75, 3.05) is 19.2 Å². The highest BCUT2D eigenvalue weighted by molar-refractivity contribution is 7.14. The summed E-state index contributed by atoms with van der Waals surface area (Å²) in [5, 5.41) is 9.37. The first-order chi connectivity index (χ1) is 15.7. The van der Waals surface area contributed by atoms with Gasteiger partial charge < -0.3 is 13.9 Å². The van der Waals surface area contributed by atoms with Crippen LogP contribution in [0.2, 0.25) is 0 Å². The quantitative estimate of drug-likeness (QED) is 0.366. The molecular weight excluding hydrogens is 429 g/mol. The van der Waals surface area contributed by atoms with Crippen molar-refractivity contribution in [3.63, 3.8) is 0 Å². The van der Waals surface area contributed by atoms with Gasteiger partial charge in [-0.15, -0.1) is 11.3 Å². The van der Waals surface area contributed by atoms with Gasteiger partial charge in [-0.1, -0.05) is 0 Å². The second kappa shape index (κ2) is 8.47. The van der Waals surface area contributed by atoms with Gasteiger partial charge in [-0.05, 0) is 60.2 Å². The third-order valence-corrected chi connectivity index (χ3v) is 6.17. The zero-order valence-corrected chi connectivity index (χ0v) is 18.3. The lowest BCUT2D eigenvalue weighted by atomic mass is 10.0. The maximum atomic E-state index is 14.2. The Bertz CT molecular complexity index is 1250. The molecule has 0 aliphatic carbocycles. The van der Waals surface area contributed by atoms with Crippen LogP contribution in [0.1, 0.15) is 23.8 Å². The van der Waals surface area contributed by atoms with Crippen LogP contribution in [0.25, 0.3) is 11.3 Å².